The van der Waals surface area contributed by atoms with Gasteiger partial charge in [-0.2, -0.15) is 0 Å². The van der Waals surface area contributed by atoms with Crippen LogP contribution in [0.15, 0.2) is 0 Å². The van der Waals surface area contributed by atoms with Gasteiger partial charge in [0.2, 0.25) is 0 Å². The van der Waals surface area contributed by atoms with E-state index in [1.807, 2.05) is 0 Å². The summed E-state index contributed by atoms with van der Waals surface area (Å²) in [7, 11) is 0. The number of ether oxygens (including phenoxy) is 8. The highest BCUT2D eigenvalue weighted by Gasteiger charge is 2.50. The van der Waals surface area contributed by atoms with Crippen LogP contribution in [-0.4, -0.2) is 222 Å². The van der Waals surface area contributed by atoms with E-state index >= 15 is 0 Å². The van der Waals surface area contributed by atoms with Gasteiger partial charge in [0.15, 0.2) is 31.3 Å². The van der Waals surface area contributed by atoms with Gasteiger partial charge in [-0.1, -0.05) is 0 Å². The van der Waals surface area contributed by atoms with E-state index in [4.69, 9.17) is 43.0 Å². The smallest absolute Gasteiger partial charge is 0.335 e. The second kappa shape index (κ2) is 16.6. The SMILES string of the molecule is O=C(O)[C@H](O)[C@@H](O)[C@@H](CO)O[C@@H]1OC[C@@H](O[C@@H]2OC[C@@H](O[C@@H]3OC[C@@H](O[C@@H]4OC[C@@H](O)[C@H](O)[C@H]4O)[C@H](O)[C@H]3O)[C@H](O)[C@H]2O)[C@H](O)[C@H]1O. The Morgan fingerprint density at radius 1 is 0.574 bits per heavy atom. The van der Waals surface area contributed by atoms with Gasteiger partial charge in [-0.05, 0) is 0 Å². The van der Waals surface area contributed by atoms with Crippen LogP contribution in [0.4, 0.5) is 0 Å². The quantitative estimate of drug-likeness (QED) is 0.0901. The fourth-order valence-electron chi connectivity index (χ4n) is 5.19. The van der Waals surface area contributed by atoms with Gasteiger partial charge in [0.25, 0.3) is 0 Å². The largest absolute Gasteiger partial charge is 0.479 e. The summed E-state index contributed by atoms with van der Waals surface area (Å²) in [6.45, 7) is -2.80. The van der Waals surface area contributed by atoms with Crippen molar-refractivity contribution in [1.29, 1.82) is 0 Å². The molecule has 13 N–H and O–H groups in total. The van der Waals surface area contributed by atoms with E-state index in [9.17, 15) is 66.1 Å². The molecule has 4 fully saturated rings. The van der Waals surface area contributed by atoms with Crippen molar-refractivity contribution in [3.63, 3.8) is 0 Å². The summed E-state index contributed by atoms with van der Waals surface area (Å²) >= 11 is 0. The van der Waals surface area contributed by atoms with E-state index in [1.165, 1.54) is 0 Å². The number of carboxylic acids is 1. The summed E-state index contributed by atoms with van der Waals surface area (Å²) in [6.07, 6.45) is -32.0. The van der Waals surface area contributed by atoms with Crippen LogP contribution in [0.25, 0.3) is 0 Å². The Bertz CT molecular complexity index is 993. The number of aliphatic carboxylic acids is 1. The third-order valence-electron chi connectivity index (χ3n) is 8.13. The first-order chi connectivity index (χ1) is 22.2. The van der Waals surface area contributed by atoms with E-state index in [0.717, 1.165) is 0 Å². The number of aliphatic hydroxyl groups is 12. The lowest BCUT2D eigenvalue weighted by molar-refractivity contribution is -0.359. The van der Waals surface area contributed by atoms with Crippen molar-refractivity contribution in [3.8, 4) is 0 Å². The van der Waals surface area contributed by atoms with Crippen molar-refractivity contribution in [2.24, 2.45) is 0 Å². The van der Waals surface area contributed by atoms with Crippen molar-refractivity contribution >= 4 is 5.97 Å². The molecular weight excluding hydrogens is 652 g/mol. The maximum Gasteiger partial charge on any atom is 0.335 e. The summed E-state index contributed by atoms with van der Waals surface area (Å²) in [5.74, 6) is -1.81. The summed E-state index contributed by atoms with van der Waals surface area (Å²) in [6, 6.07) is 0. The van der Waals surface area contributed by atoms with Gasteiger partial charge < -0.3 is 104 Å². The molecule has 19 atom stereocenters. The summed E-state index contributed by atoms with van der Waals surface area (Å²) in [5, 5.41) is 130. The molecule has 274 valence electrons. The maximum atomic E-state index is 10.9. The zero-order chi connectivity index (χ0) is 34.7. The molecule has 4 saturated heterocycles. The lowest BCUT2D eigenvalue weighted by Crippen LogP contribution is -2.62. The molecule has 0 amide bonds. The highest BCUT2D eigenvalue weighted by Crippen LogP contribution is 2.29. The number of hydrogen-bond acceptors (Lipinski definition) is 21. The zero-order valence-corrected chi connectivity index (χ0v) is 24.5. The van der Waals surface area contributed by atoms with Gasteiger partial charge in [0.1, 0.15) is 85.5 Å². The number of carbonyl (C=O) groups is 1. The Balaban J connectivity index is 1.25. The molecule has 0 aromatic rings. The van der Waals surface area contributed by atoms with Crippen molar-refractivity contribution in [2.75, 3.05) is 33.0 Å². The van der Waals surface area contributed by atoms with Crippen LogP contribution in [-0.2, 0) is 42.7 Å². The lowest BCUT2D eigenvalue weighted by atomic mass is 10.0. The third-order valence-corrected chi connectivity index (χ3v) is 8.13. The van der Waals surface area contributed by atoms with E-state index in [0.29, 0.717) is 0 Å². The molecule has 0 aromatic carbocycles. The number of hydrogen-bond donors (Lipinski definition) is 13. The minimum absolute atomic E-state index is 0.367. The molecule has 4 rings (SSSR count). The van der Waals surface area contributed by atoms with E-state index in [2.05, 4.69) is 0 Å². The maximum absolute atomic E-state index is 10.9. The topological polar surface area (TPSA) is 354 Å². The molecule has 0 unspecified atom stereocenters. The average Bonchev–Trinajstić information content (AvgIpc) is 3.05. The minimum atomic E-state index is -2.34. The van der Waals surface area contributed by atoms with Crippen LogP contribution in [0.1, 0.15) is 0 Å². The molecule has 4 aliphatic heterocycles. The highest BCUT2D eigenvalue weighted by atomic mass is 16.8. The molecule has 0 spiro atoms. The fraction of sp³-hybridized carbons (Fsp3) is 0.960. The lowest BCUT2D eigenvalue weighted by Gasteiger charge is -2.44. The Hall–Kier alpha value is -1.33. The van der Waals surface area contributed by atoms with Crippen molar-refractivity contribution in [2.45, 2.75) is 117 Å². The average molecular weight is 695 g/mol. The van der Waals surface area contributed by atoms with Crippen molar-refractivity contribution in [3.05, 3.63) is 0 Å². The summed E-state index contributed by atoms with van der Waals surface area (Å²) in [4.78, 5) is 10.9. The normalized spacial score (nSPS) is 46.8. The Kier molecular flexibility index (Phi) is 13.6. The fourth-order valence-corrected chi connectivity index (χ4v) is 5.19. The molecule has 0 bridgehead atoms. The van der Waals surface area contributed by atoms with Crippen LogP contribution in [0.5, 0.6) is 0 Å². The Morgan fingerprint density at radius 3 is 1.34 bits per heavy atom. The Morgan fingerprint density at radius 2 is 0.936 bits per heavy atom. The molecular formula is C25H42O22. The van der Waals surface area contributed by atoms with E-state index in [-0.39, 0.29) is 6.61 Å². The second-order valence-electron chi connectivity index (χ2n) is 11.5. The number of carboxylic acid groups (broad SMARTS) is 1. The van der Waals surface area contributed by atoms with Gasteiger partial charge >= 0.3 is 5.97 Å². The van der Waals surface area contributed by atoms with Crippen molar-refractivity contribution < 1.29 is 109 Å². The molecule has 0 saturated carbocycles. The molecule has 4 heterocycles. The predicted octanol–water partition coefficient (Wildman–Crippen LogP) is -9.00. The van der Waals surface area contributed by atoms with E-state index in [1.54, 1.807) is 0 Å². The van der Waals surface area contributed by atoms with Gasteiger partial charge in [-0.25, -0.2) is 4.79 Å². The molecule has 0 radical (unpaired) electrons. The van der Waals surface area contributed by atoms with Gasteiger partial charge in [-0.3, -0.25) is 0 Å². The van der Waals surface area contributed by atoms with Gasteiger partial charge in [0.05, 0.1) is 33.0 Å². The van der Waals surface area contributed by atoms with Crippen LogP contribution in [0.3, 0.4) is 0 Å². The minimum Gasteiger partial charge on any atom is -0.479 e. The highest BCUT2D eigenvalue weighted by molar-refractivity contribution is 5.72. The molecule has 4 aliphatic rings. The van der Waals surface area contributed by atoms with E-state index < -0.39 is 149 Å². The van der Waals surface area contributed by atoms with Crippen LogP contribution in [0.2, 0.25) is 0 Å². The first kappa shape index (κ1) is 38.5. The van der Waals surface area contributed by atoms with Crippen LogP contribution in [0, 0.1) is 0 Å². The van der Waals surface area contributed by atoms with Crippen LogP contribution >= 0.6 is 0 Å². The first-order valence-electron chi connectivity index (χ1n) is 14.6. The summed E-state index contributed by atoms with van der Waals surface area (Å²) in [5.41, 5.74) is 0. The Labute approximate surface area is 265 Å². The van der Waals surface area contributed by atoms with Gasteiger partial charge in [-0.15, -0.1) is 0 Å². The molecule has 0 aromatic heterocycles. The van der Waals surface area contributed by atoms with Crippen LogP contribution < -0.4 is 0 Å². The molecule has 0 aliphatic carbocycles. The molecule has 22 heteroatoms. The monoisotopic (exact) mass is 694 g/mol. The van der Waals surface area contributed by atoms with Gasteiger partial charge in [0, 0.05) is 0 Å². The first-order valence-corrected chi connectivity index (χ1v) is 14.6. The van der Waals surface area contributed by atoms with Crippen molar-refractivity contribution in [1.82, 2.24) is 0 Å². The second-order valence-corrected chi connectivity index (χ2v) is 11.5. The number of aliphatic hydroxyl groups excluding tert-OH is 12. The standard InChI is InChI=1S/C25H42O22/c26-1-7(12(29)16(33)21(38)39)44-23-18(35)13(30)9(3-41-23)46-25-20(37)15(32)10(5-43-25)47-24-19(36)14(31)8(4-42-24)45-22-17(34)11(28)6(27)2-40-22/h6-20,22-37H,1-5H2,(H,38,39)/t6-,7-,8-,9-,10-,11+,12+,13+,14+,15+,16-,17-,18-,19-,20-,22+,23+,24+,25+/m1/s1. The predicted molar refractivity (Wildman–Crippen MR) is 139 cm³/mol. The zero-order valence-electron chi connectivity index (χ0n) is 24.5. The molecule has 22 nitrogen and oxygen atoms in total. The summed E-state index contributed by atoms with van der Waals surface area (Å²) < 4.78 is 42.7. The molecule has 47 heavy (non-hydrogen) atoms. The third kappa shape index (κ3) is 8.70. The number of rotatable bonds is 12.